The number of nitrogens with one attached hydrogen (secondary N) is 1. The van der Waals surface area contributed by atoms with Gasteiger partial charge in [-0.25, -0.2) is 0 Å². The Balaban J connectivity index is 3.22. The first-order valence-electron chi connectivity index (χ1n) is 6.09. The lowest BCUT2D eigenvalue weighted by Gasteiger charge is -2.20. The van der Waals surface area contributed by atoms with Crippen LogP contribution in [0.4, 0.5) is 0 Å². The minimum Gasteiger partial charge on any atom is -0.315 e. The van der Waals surface area contributed by atoms with E-state index in [-0.39, 0.29) is 0 Å². The highest BCUT2D eigenvalue weighted by Crippen LogP contribution is 2.01. The highest BCUT2D eigenvalue weighted by Gasteiger charge is 2.02. The summed E-state index contributed by atoms with van der Waals surface area (Å²) in [4.78, 5) is 2.42. The predicted octanol–water partition coefficient (Wildman–Crippen LogP) is 2.35. The summed E-state index contributed by atoms with van der Waals surface area (Å²) in [6.45, 7) is 11.5. The maximum atomic E-state index is 3.47. The molecule has 14 heavy (non-hydrogen) atoms. The van der Waals surface area contributed by atoms with E-state index in [0.717, 1.165) is 12.5 Å². The van der Waals surface area contributed by atoms with Gasteiger partial charge in [-0.3, -0.25) is 0 Å². The molecule has 0 aromatic carbocycles. The second-order valence-corrected chi connectivity index (χ2v) is 4.38. The third-order valence-electron chi connectivity index (χ3n) is 2.70. The van der Waals surface area contributed by atoms with Gasteiger partial charge in [0.15, 0.2) is 0 Å². The van der Waals surface area contributed by atoms with Crippen molar-refractivity contribution in [3.63, 3.8) is 0 Å². The summed E-state index contributed by atoms with van der Waals surface area (Å²) in [6, 6.07) is 0. The smallest absolute Gasteiger partial charge is 0.0104 e. The van der Waals surface area contributed by atoms with Crippen molar-refractivity contribution in [2.45, 2.75) is 40.0 Å². The maximum Gasteiger partial charge on any atom is 0.0104 e. The molecule has 0 aliphatic carbocycles. The third kappa shape index (κ3) is 8.52. The SMILES string of the molecule is CCCCNCCN(C)CC(C)CC. The van der Waals surface area contributed by atoms with E-state index >= 15 is 0 Å². The summed E-state index contributed by atoms with van der Waals surface area (Å²) < 4.78 is 0. The molecule has 0 fully saturated rings. The second-order valence-electron chi connectivity index (χ2n) is 4.38. The number of nitrogens with zero attached hydrogens (tertiary/aromatic N) is 1. The molecule has 0 aliphatic rings. The van der Waals surface area contributed by atoms with Crippen LogP contribution in [0.2, 0.25) is 0 Å². The van der Waals surface area contributed by atoms with Crippen LogP contribution >= 0.6 is 0 Å². The predicted molar refractivity (Wildman–Crippen MR) is 64.7 cm³/mol. The Bertz CT molecular complexity index is 115. The molecule has 0 rings (SSSR count). The van der Waals surface area contributed by atoms with Crippen molar-refractivity contribution in [2.24, 2.45) is 5.92 Å². The number of rotatable bonds is 9. The molecule has 0 bridgehead atoms. The zero-order valence-corrected chi connectivity index (χ0v) is 10.5. The Morgan fingerprint density at radius 2 is 1.93 bits per heavy atom. The molecule has 0 aromatic heterocycles. The van der Waals surface area contributed by atoms with Crippen LogP contribution in [0.1, 0.15) is 40.0 Å². The highest BCUT2D eigenvalue weighted by molar-refractivity contribution is 4.59. The van der Waals surface area contributed by atoms with Gasteiger partial charge in [-0.05, 0) is 25.9 Å². The molecule has 0 spiro atoms. The number of hydrogen-bond acceptors (Lipinski definition) is 2. The van der Waals surface area contributed by atoms with Crippen LogP contribution in [0.3, 0.4) is 0 Å². The molecule has 1 atom stereocenters. The van der Waals surface area contributed by atoms with Crippen molar-refractivity contribution < 1.29 is 0 Å². The number of likely N-dealkylation sites (N-methyl/N-ethyl adjacent to an activating group) is 1. The first kappa shape index (κ1) is 13.9. The molecule has 86 valence electrons. The minimum absolute atomic E-state index is 0.829. The van der Waals surface area contributed by atoms with Gasteiger partial charge >= 0.3 is 0 Å². The van der Waals surface area contributed by atoms with E-state index in [0.29, 0.717) is 0 Å². The Kier molecular flexibility index (Phi) is 9.42. The Labute approximate surface area is 90.1 Å². The van der Waals surface area contributed by atoms with Gasteiger partial charge in [-0.1, -0.05) is 33.6 Å². The van der Waals surface area contributed by atoms with E-state index in [1.54, 1.807) is 0 Å². The fourth-order valence-corrected chi connectivity index (χ4v) is 1.45. The average Bonchev–Trinajstić information content (AvgIpc) is 2.17. The van der Waals surface area contributed by atoms with E-state index in [2.05, 4.69) is 38.0 Å². The Morgan fingerprint density at radius 1 is 1.21 bits per heavy atom. The lowest BCUT2D eigenvalue weighted by molar-refractivity contribution is 0.281. The van der Waals surface area contributed by atoms with Crippen molar-refractivity contribution in [3.8, 4) is 0 Å². The minimum atomic E-state index is 0.829. The van der Waals surface area contributed by atoms with Gasteiger partial charge in [-0.2, -0.15) is 0 Å². The average molecular weight is 200 g/mol. The third-order valence-corrected chi connectivity index (χ3v) is 2.70. The van der Waals surface area contributed by atoms with Gasteiger partial charge in [-0.15, -0.1) is 0 Å². The molecule has 2 heteroatoms. The molecule has 0 saturated heterocycles. The topological polar surface area (TPSA) is 15.3 Å². The maximum absolute atomic E-state index is 3.47. The monoisotopic (exact) mass is 200 g/mol. The van der Waals surface area contributed by atoms with E-state index in [1.165, 1.54) is 38.9 Å². The fraction of sp³-hybridized carbons (Fsp3) is 1.00. The first-order chi connectivity index (χ1) is 6.70. The molecule has 0 heterocycles. The summed E-state index contributed by atoms with van der Waals surface area (Å²) in [5.41, 5.74) is 0. The Hall–Kier alpha value is -0.0800. The van der Waals surface area contributed by atoms with Gasteiger partial charge < -0.3 is 10.2 Å². The molecule has 1 N–H and O–H groups in total. The normalized spacial score (nSPS) is 13.5. The largest absolute Gasteiger partial charge is 0.315 e. The van der Waals surface area contributed by atoms with E-state index in [9.17, 15) is 0 Å². The molecule has 2 nitrogen and oxygen atoms in total. The standard InChI is InChI=1S/C12H28N2/c1-5-7-8-13-9-10-14(4)11-12(3)6-2/h12-13H,5-11H2,1-4H3. The van der Waals surface area contributed by atoms with Crippen LogP contribution < -0.4 is 5.32 Å². The van der Waals surface area contributed by atoms with Crippen molar-refractivity contribution >= 4 is 0 Å². The summed E-state index contributed by atoms with van der Waals surface area (Å²) >= 11 is 0. The van der Waals surface area contributed by atoms with Crippen molar-refractivity contribution in [1.82, 2.24) is 10.2 Å². The molecule has 0 saturated carbocycles. The molecule has 0 aliphatic heterocycles. The number of unbranched alkanes of at least 4 members (excludes halogenated alkanes) is 1. The van der Waals surface area contributed by atoms with Crippen molar-refractivity contribution in [1.29, 1.82) is 0 Å². The van der Waals surface area contributed by atoms with E-state index < -0.39 is 0 Å². The van der Waals surface area contributed by atoms with Gasteiger partial charge in [0.1, 0.15) is 0 Å². The van der Waals surface area contributed by atoms with Crippen molar-refractivity contribution in [2.75, 3.05) is 33.2 Å². The second kappa shape index (κ2) is 9.47. The van der Waals surface area contributed by atoms with Gasteiger partial charge in [0.05, 0.1) is 0 Å². The van der Waals surface area contributed by atoms with Gasteiger partial charge in [0.25, 0.3) is 0 Å². The summed E-state index contributed by atoms with van der Waals surface area (Å²) in [6.07, 6.45) is 3.87. The summed E-state index contributed by atoms with van der Waals surface area (Å²) in [5.74, 6) is 0.829. The van der Waals surface area contributed by atoms with Crippen LogP contribution in [0.15, 0.2) is 0 Å². The van der Waals surface area contributed by atoms with Crippen molar-refractivity contribution in [3.05, 3.63) is 0 Å². The lowest BCUT2D eigenvalue weighted by Crippen LogP contribution is -2.32. The van der Waals surface area contributed by atoms with Gasteiger partial charge in [0.2, 0.25) is 0 Å². The number of hydrogen-bond donors (Lipinski definition) is 1. The zero-order chi connectivity index (χ0) is 10.8. The lowest BCUT2D eigenvalue weighted by atomic mass is 10.1. The van der Waals surface area contributed by atoms with Crippen LogP contribution in [0.5, 0.6) is 0 Å². The van der Waals surface area contributed by atoms with Crippen LogP contribution in [0, 0.1) is 5.92 Å². The summed E-state index contributed by atoms with van der Waals surface area (Å²) in [7, 11) is 2.22. The molecule has 1 unspecified atom stereocenters. The van der Waals surface area contributed by atoms with E-state index in [4.69, 9.17) is 0 Å². The molecule has 0 aromatic rings. The highest BCUT2D eigenvalue weighted by atomic mass is 15.1. The molecule has 0 radical (unpaired) electrons. The van der Waals surface area contributed by atoms with Gasteiger partial charge in [0, 0.05) is 19.6 Å². The quantitative estimate of drug-likeness (QED) is 0.575. The van der Waals surface area contributed by atoms with Crippen LogP contribution in [0.25, 0.3) is 0 Å². The molecular formula is C12H28N2. The van der Waals surface area contributed by atoms with E-state index in [1.807, 2.05) is 0 Å². The first-order valence-corrected chi connectivity index (χ1v) is 6.09. The Morgan fingerprint density at radius 3 is 2.50 bits per heavy atom. The fourth-order valence-electron chi connectivity index (χ4n) is 1.45. The van der Waals surface area contributed by atoms with Crippen LogP contribution in [-0.4, -0.2) is 38.1 Å². The zero-order valence-electron chi connectivity index (χ0n) is 10.5. The van der Waals surface area contributed by atoms with Crippen LogP contribution in [-0.2, 0) is 0 Å². The molecular weight excluding hydrogens is 172 g/mol. The summed E-state index contributed by atoms with van der Waals surface area (Å²) in [5, 5.41) is 3.47. The molecule has 0 amide bonds.